The first kappa shape index (κ1) is 15.6. The van der Waals surface area contributed by atoms with E-state index in [0.29, 0.717) is 0 Å². The minimum Gasteiger partial charge on any atom is -0.324 e. The molecule has 0 heterocycles. The molecule has 0 saturated carbocycles. The molecule has 0 fully saturated rings. The third kappa shape index (κ3) is 4.30. The molecule has 0 aromatic heterocycles. The Balaban J connectivity index is 0.00000180. The normalized spacial score (nSPS) is 12.0. The van der Waals surface area contributed by atoms with Gasteiger partial charge < -0.3 is 5.73 Å². The van der Waals surface area contributed by atoms with E-state index in [4.69, 9.17) is 5.73 Å². The third-order valence-corrected chi connectivity index (χ3v) is 2.88. The molecule has 0 radical (unpaired) electrons. The van der Waals surface area contributed by atoms with E-state index in [1.807, 2.05) is 54.6 Å². The van der Waals surface area contributed by atoms with Crippen LogP contribution < -0.4 is 5.73 Å². The van der Waals surface area contributed by atoms with Crippen molar-refractivity contribution in [1.29, 1.82) is 0 Å². The monoisotopic (exact) mass is 283 g/mol. The maximum absolute atomic E-state index is 12.2. The molecule has 0 amide bonds. The topological polar surface area (TPSA) is 26.0 Å². The number of hydrogen-bond donors (Lipinski definition) is 1. The fourth-order valence-electron chi connectivity index (χ4n) is 1.88. The summed E-state index contributed by atoms with van der Waals surface area (Å²) in [5.41, 5.74) is 8.61. The molecule has 0 spiro atoms. The van der Waals surface area contributed by atoms with Crippen molar-refractivity contribution in [2.75, 3.05) is 0 Å². The second-order valence-electron chi connectivity index (χ2n) is 4.22. The van der Waals surface area contributed by atoms with Crippen molar-refractivity contribution in [3.8, 4) is 11.1 Å². The van der Waals surface area contributed by atoms with E-state index >= 15 is 0 Å². The minimum atomic E-state index is -2.37. The van der Waals surface area contributed by atoms with Crippen LogP contribution in [-0.4, -0.2) is 6.43 Å². The number of alkyl halides is 2. The summed E-state index contributed by atoms with van der Waals surface area (Å²) in [6, 6.07) is 16.8. The summed E-state index contributed by atoms with van der Waals surface area (Å²) in [6.07, 6.45) is -2.67. The fraction of sp³-hybridized carbons (Fsp3) is 0.200. The van der Waals surface area contributed by atoms with Crippen LogP contribution in [0.5, 0.6) is 0 Å². The molecule has 2 aromatic carbocycles. The van der Waals surface area contributed by atoms with Crippen LogP contribution in [0.25, 0.3) is 11.1 Å². The molecule has 0 aliphatic carbocycles. The molecule has 0 bridgehead atoms. The van der Waals surface area contributed by atoms with Gasteiger partial charge in [-0.15, -0.1) is 12.4 Å². The molecular weight excluding hydrogens is 268 g/mol. The van der Waals surface area contributed by atoms with E-state index in [9.17, 15) is 8.78 Å². The van der Waals surface area contributed by atoms with Gasteiger partial charge in [-0.05, 0) is 16.7 Å². The van der Waals surface area contributed by atoms with Crippen molar-refractivity contribution in [3.63, 3.8) is 0 Å². The Morgan fingerprint density at radius 1 is 0.842 bits per heavy atom. The van der Waals surface area contributed by atoms with Gasteiger partial charge in [0.15, 0.2) is 0 Å². The van der Waals surface area contributed by atoms with Crippen molar-refractivity contribution in [2.24, 2.45) is 5.73 Å². The van der Waals surface area contributed by atoms with Gasteiger partial charge in [-0.2, -0.15) is 0 Å². The molecule has 102 valence electrons. The Labute approximate surface area is 117 Å². The SMILES string of the molecule is Cl.N[C@@H](CC(F)F)c1ccc(-c2ccccc2)cc1. The van der Waals surface area contributed by atoms with Gasteiger partial charge in [-0.3, -0.25) is 0 Å². The highest BCUT2D eigenvalue weighted by molar-refractivity contribution is 5.85. The van der Waals surface area contributed by atoms with Crippen LogP contribution in [-0.2, 0) is 0 Å². The molecule has 2 aromatic rings. The van der Waals surface area contributed by atoms with Crippen LogP contribution in [0.2, 0.25) is 0 Å². The maximum atomic E-state index is 12.2. The molecule has 19 heavy (non-hydrogen) atoms. The summed E-state index contributed by atoms with van der Waals surface area (Å²) in [7, 11) is 0. The summed E-state index contributed by atoms with van der Waals surface area (Å²) in [5.74, 6) is 0. The van der Waals surface area contributed by atoms with E-state index in [1.165, 1.54) is 0 Å². The molecule has 2 N–H and O–H groups in total. The Kier molecular flexibility index (Phi) is 5.93. The number of nitrogens with two attached hydrogens (primary N) is 1. The zero-order valence-corrected chi connectivity index (χ0v) is 11.1. The Hall–Kier alpha value is -1.45. The zero-order chi connectivity index (χ0) is 13.0. The molecule has 1 atom stereocenters. The predicted molar refractivity (Wildman–Crippen MR) is 76.7 cm³/mol. The van der Waals surface area contributed by atoms with Gasteiger partial charge in [0.05, 0.1) is 0 Å². The summed E-state index contributed by atoms with van der Waals surface area (Å²) >= 11 is 0. The first-order chi connectivity index (χ1) is 8.66. The summed E-state index contributed by atoms with van der Waals surface area (Å²) in [5, 5.41) is 0. The lowest BCUT2D eigenvalue weighted by Gasteiger charge is -2.12. The number of rotatable bonds is 4. The van der Waals surface area contributed by atoms with E-state index in [0.717, 1.165) is 16.7 Å². The van der Waals surface area contributed by atoms with Gasteiger partial charge in [0, 0.05) is 12.5 Å². The van der Waals surface area contributed by atoms with Crippen molar-refractivity contribution in [3.05, 3.63) is 60.2 Å². The van der Waals surface area contributed by atoms with Gasteiger partial charge in [0.2, 0.25) is 6.43 Å². The Morgan fingerprint density at radius 3 is 1.89 bits per heavy atom. The number of benzene rings is 2. The second-order valence-corrected chi connectivity index (χ2v) is 4.22. The average Bonchev–Trinajstić information content (AvgIpc) is 2.39. The molecule has 0 unspecified atom stereocenters. The lowest BCUT2D eigenvalue weighted by atomic mass is 10.00. The Morgan fingerprint density at radius 2 is 1.37 bits per heavy atom. The molecule has 1 nitrogen and oxygen atoms in total. The van der Waals surface area contributed by atoms with Crippen LogP contribution in [0.15, 0.2) is 54.6 Å². The Bertz CT molecular complexity index is 485. The van der Waals surface area contributed by atoms with Gasteiger partial charge in [0.25, 0.3) is 0 Å². The minimum absolute atomic E-state index is 0. The van der Waals surface area contributed by atoms with Gasteiger partial charge in [-0.1, -0.05) is 54.6 Å². The van der Waals surface area contributed by atoms with Crippen molar-refractivity contribution in [2.45, 2.75) is 18.9 Å². The van der Waals surface area contributed by atoms with Crippen molar-refractivity contribution < 1.29 is 8.78 Å². The summed E-state index contributed by atoms with van der Waals surface area (Å²) in [6.45, 7) is 0. The number of halogens is 3. The smallest absolute Gasteiger partial charge is 0.240 e. The zero-order valence-electron chi connectivity index (χ0n) is 10.3. The summed E-state index contributed by atoms with van der Waals surface area (Å²) in [4.78, 5) is 0. The highest BCUT2D eigenvalue weighted by Gasteiger charge is 2.12. The highest BCUT2D eigenvalue weighted by atomic mass is 35.5. The lowest BCUT2D eigenvalue weighted by Crippen LogP contribution is -2.13. The van der Waals surface area contributed by atoms with Crippen molar-refractivity contribution >= 4 is 12.4 Å². The second kappa shape index (κ2) is 7.22. The lowest BCUT2D eigenvalue weighted by molar-refractivity contribution is 0.128. The predicted octanol–water partition coefficient (Wildman–Crippen LogP) is 4.43. The average molecular weight is 284 g/mol. The van der Waals surface area contributed by atoms with Crippen LogP contribution in [0.1, 0.15) is 18.0 Å². The molecule has 0 aliphatic heterocycles. The highest BCUT2D eigenvalue weighted by Crippen LogP contribution is 2.23. The van der Waals surface area contributed by atoms with Crippen LogP contribution in [0, 0.1) is 0 Å². The fourth-order valence-corrected chi connectivity index (χ4v) is 1.88. The maximum Gasteiger partial charge on any atom is 0.240 e. The van der Waals surface area contributed by atoms with Crippen LogP contribution in [0.3, 0.4) is 0 Å². The molecular formula is C15H16ClF2N. The van der Waals surface area contributed by atoms with E-state index in [2.05, 4.69) is 0 Å². The number of hydrogen-bond acceptors (Lipinski definition) is 1. The van der Waals surface area contributed by atoms with Gasteiger partial charge >= 0.3 is 0 Å². The van der Waals surface area contributed by atoms with Gasteiger partial charge in [-0.25, -0.2) is 8.78 Å². The van der Waals surface area contributed by atoms with Crippen LogP contribution in [0.4, 0.5) is 8.78 Å². The first-order valence-electron chi connectivity index (χ1n) is 5.86. The quantitative estimate of drug-likeness (QED) is 0.882. The van der Waals surface area contributed by atoms with E-state index < -0.39 is 12.5 Å². The standard InChI is InChI=1S/C15H15F2N.ClH/c16-15(17)10-14(18)13-8-6-12(7-9-13)11-4-2-1-3-5-11;/h1-9,14-15H,10,18H2;1H/t14-;/m0./s1. The van der Waals surface area contributed by atoms with Gasteiger partial charge in [0.1, 0.15) is 0 Å². The van der Waals surface area contributed by atoms with Crippen LogP contribution >= 0.6 is 12.4 Å². The molecule has 4 heteroatoms. The van der Waals surface area contributed by atoms with E-state index in [-0.39, 0.29) is 18.8 Å². The van der Waals surface area contributed by atoms with E-state index in [1.54, 1.807) is 0 Å². The van der Waals surface area contributed by atoms with Crippen molar-refractivity contribution in [1.82, 2.24) is 0 Å². The summed E-state index contributed by atoms with van der Waals surface area (Å²) < 4.78 is 24.5. The molecule has 0 aliphatic rings. The molecule has 0 saturated heterocycles. The molecule has 2 rings (SSSR count). The largest absolute Gasteiger partial charge is 0.324 e. The first-order valence-corrected chi connectivity index (χ1v) is 5.86. The third-order valence-electron chi connectivity index (χ3n) is 2.88.